The van der Waals surface area contributed by atoms with Gasteiger partial charge in [0, 0.05) is 19.5 Å². The van der Waals surface area contributed by atoms with Gasteiger partial charge in [-0.3, -0.25) is 5.41 Å². The molecule has 0 amide bonds. The van der Waals surface area contributed by atoms with E-state index in [0.29, 0.717) is 0 Å². The lowest BCUT2D eigenvalue weighted by molar-refractivity contribution is 0.395. The van der Waals surface area contributed by atoms with Gasteiger partial charge in [-0.2, -0.15) is 4.31 Å². The standard InChI is InChI=1S/C11H16FN3O2S/c1-8(6-11(13)14)15(2)18(16,17)10-5-3-4-9(12)7-10/h3-5,7-8H,6H2,1-2H3,(H3,13,14). The molecule has 0 bridgehead atoms. The summed E-state index contributed by atoms with van der Waals surface area (Å²) < 4.78 is 38.4. The lowest BCUT2D eigenvalue weighted by Crippen LogP contribution is -2.37. The van der Waals surface area contributed by atoms with Crippen LogP contribution in [-0.4, -0.2) is 31.6 Å². The fourth-order valence-electron chi connectivity index (χ4n) is 1.48. The van der Waals surface area contributed by atoms with Crippen molar-refractivity contribution in [2.75, 3.05) is 7.05 Å². The molecular formula is C11H16FN3O2S. The van der Waals surface area contributed by atoms with Crippen molar-refractivity contribution in [3.8, 4) is 0 Å². The molecule has 0 aliphatic rings. The SMILES string of the molecule is CC(CC(=N)N)N(C)S(=O)(=O)c1cccc(F)c1. The third kappa shape index (κ3) is 3.27. The van der Waals surface area contributed by atoms with E-state index in [9.17, 15) is 12.8 Å². The van der Waals surface area contributed by atoms with E-state index < -0.39 is 21.9 Å². The highest BCUT2D eigenvalue weighted by Gasteiger charge is 2.25. The third-order valence-electron chi connectivity index (χ3n) is 2.61. The largest absolute Gasteiger partial charge is 0.388 e. The highest BCUT2D eigenvalue weighted by Crippen LogP contribution is 2.18. The molecule has 0 radical (unpaired) electrons. The molecule has 100 valence electrons. The average Bonchev–Trinajstić information content (AvgIpc) is 2.27. The maximum atomic E-state index is 13.0. The topological polar surface area (TPSA) is 87.2 Å². The first kappa shape index (κ1) is 14.6. The maximum Gasteiger partial charge on any atom is 0.243 e. The molecule has 0 aromatic heterocycles. The molecule has 18 heavy (non-hydrogen) atoms. The summed E-state index contributed by atoms with van der Waals surface area (Å²) in [4.78, 5) is -0.111. The van der Waals surface area contributed by atoms with Crippen molar-refractivity contribution in [2.24, 2.45) is 5.73 Å². The summed E-state index contributed by atoms with van der Waals surface area (Å²) in [7, 11) is -2.38. The van der Waals surface area contributed by atoms with Gasteiger partial charge in [0.2, 0.25) is 10.0 Å². The smallest absolute Gasteiger partial charge is 0.243 e. The van der Waals surface area contributed by atoms with Crippen LogP contribution < -0.4 is 5.73 Å². The van der Waals surface area contributed by atoms with Crippen molar-refractivity contribution in [2.45, 2.75) is 24.3 Å². The van der Waals surface area contributed by atoms with Crippen molar-refractivity contribution in [1.82, 2.24) is 4.31 Å². The summed E-state index contributed by atoms with van der Waals surface area (Å²) in [5.74, 6) is -0.701. The fraction of sp³-hybridized carbons (Fsp3) is 0.364. The molecule has 1 aromatic rings. The number of nitrogens with two attached hydrogens (primary N) is 1. The predicted octanol–water partition coefficient (Wildman–Crippen LogP) is 1.16. The van der Waals surface area contributed by atoms with Gasteiger partial charge in [-0.1, -0.05) is 6.07 Å². The second kappa shape index (κ2) is 5.45. The number of nitrogens with zero attached hydrogens (tertiary/aromatic N) is 1. The number of hydrogen-bond donors (Lipinski definition) is 2. The van der Waals surface area contributed by atoms with Crippen LogP contribution in [0.4, 0.5) is 4.39 Å². The molecule has 5 nitrogen and oxygen atoms in total. The van der Waals surface area contributed by atoms with Crippen LogP contribution in [0.3, 0.4) is 0 Å². The number of amidine groups is 1. The van der Waals surface area contributed by atoms with Crippen LogP contribution in [0.2, 0.25) is 0 Å². The lowest BCUT2D eigenvalue weighted by atomic mass is 10.2. The molecule has 0 saturated carbocycles. The van der Waals surface area contributed by atoms with E-state index in [0.717, 1.165) is 10.4 Å². The van der Waals surface area contributed by atoms with Gasteiger partial charge in [0.05, 0.1) is 10.7 Å². The quantitative estimate of drug-likeness (QED) is 0.623. The molecule has 0 saturated heterocycles. The Kier molecular flexibility index (Phi) is 4.42. The van der Waals surface area contributed by atoms with Crippen LogP contribution in [0.15, 0.2) is 29.2 Å². The Morgan fingerprint density at radius 3 is 2.67 bits per heavy atom. The Bertz CT molecular complexity index is 545. The Hall–Kier alpha value is -1.47. The molecule has 1 atom stereocenters. The first-order chi connectivity index (χ1) is 8.25. The zero-order chi connectivity index (χ0) is 13.9. The minimum atomic E-state index is -3.77. The van der Waals surface area contributed by atoms with E-state index in [2.05, 4.69) is 0 Å². The normalized spacial score (nSPS) is 13.6. The molecule has 0 fully saturated rings. The van der Waals surface area contributed by atoms with Crippen molar-refractivity contribution in [3.05, 3.63) is 30.1 Å². The minimum Gasteiger partial charge on any atom is -0.388 e. The van der Waals surface area contributed by atoms with Crippen molar-refractivity contribution < 1.29 is 12.8 Å². The molecule has 0 heterocycles. The fourth-order valence-corrected chi connectivity index (χ4v) is 2.87. The second-order valence-electron chi connectivity index (χ2n) is 4.06. The molecule has 0 aliphatic heterocycles. The van der Waals surface area contributed by atoms with E-state index >= 15 is 0 Å². The van der Waals surface area contributed by atoms with Crippen LogP contribution in [-0.2, 0) is 10.0 Å². The molecule has 1 unspecified atom stereocenters. The molecular weight excluding hydrogens is 257 g/mol. The van der Waals surface area contributed by atoms with Crippen molar-refractivity contribution >= 4 is 15.9 Å². The van der Waals surface area contributed by atoms with Crippen LogP contribution in [0.1, 0.15) is 13.3 Å². The Morgan fingerprint density at radius 2 is 2.17 bits per heavy atom. The summed E-state index contributed by atoms with van der Waals surface area (Å²) in [5.41, 5.74) is 5.24. The molecule has 7 heteroatoms. The number of hydrogen-bond acceptors (Lipinski definition) is 3. The van der Waals surface area contributed by atoms with Gasteiger partial charge in [0.1, 0.15) is 5.82 Å². The summed E-state index contributed by atoms with van der Waals surface area (Å²) in [5, 5.41) is 7.16. The average molecular weight is 273 g/mol. The number of halogens is 1. The summed E-state index contributed by atoms with van der Waals surface area (Å²) in [6, 6.07) is 4.35. The molecule has 0 spiro atoms. The van der Waals surface area contributed by atoms with E-state index in [1.54, 1.807) is 6.92 Å². The number of rotatable bonds is 5. The van der Waals surface area contributed by atoms with Crippen molar-refractivity contribution in [3.63, 3.8) is 0 Å². The first-order valence-electron chi connectivity index (χ1n) is 5.31. The van der Waals surface area contributed by atoms with Crippen LogP contribution in [0, 0.1) is 11.2 Å². The number of benzene rings is 1. The van der Waals surface area contributed by atoms with E-state index in [1.807, 2.05) is 0 Å². The van der Waals surface area contributed by atoms with Gasteiger partial charge in [-0.05, 0) is 25.1 Å². The zero-order valence-electron chi connectivity index (χ0n) is 10.2. The predicted molar refractivity (Wildman–Crippen MR) is 67.3 cm³/mol. The lowest BCUT2D eigenvalue weighted by Gasteiger charge is -2.23. The van der Waals surface area contributed by atoms with Crippen molar-refractivity contribution in [1.29, 1.82) is 5.41 Å². The summed E-state index contributed by atoms with van der Waals surface area (Å²) in [6.07, 6.45) is 0.130. The van der Waals surface area contributed by atoms with Crippen LogP contribution >= 0.6 is 0 Å². The number of sulfonamides is 1. The molecule has 0 aliphatic carbocycles. The zero-order valence-corrected chi connectivity index (χ0v) is 11.0. The van der Waals surface area contributed by atoms with Gasteiger partial charge >= 0.3 is 0 Å². The van der Waals surface area contributed by atoms with Gasteiger partial charge in [0.25, 0.3) is 0 Å². The Balaban J connectivity index is 3.03. The second-order valence-corrected chi connectivity index (χ2v) is 6.05. The first-order valence-corrected chi connectivity index (χ1v) is 6.75. The van der Waals surface area contributed by atoms with E-state index in [1.165, 1.54) is 25.2 Å². The van der Waals surface area contributed by atoms with Gasteiger partial charge in [0.15, 0.2) is 0 Å². The highest BCUT2D eigenvalue weighted by molar-refractivity contribution is 7.89. The van der Waals surface area contributed by atoms with Gasteiger partial charge in [-0.25, -0.2) is 12.8 Å². The Morgan fingerprint density at radius 1 is 1.56 bits per heavy atom. The molecule has 3 N–H and O–H groups in total. The third-order valence-corrected chi connectivity index (χ3v) is 4.58. The Labute approximate surface area is 106 Å². The molecule has 1 aromatic carbocycles. The van der Waals surface area contributed by atoms with Crippen LogP contribution in [0.25, 0.3) is 0 Å². The summed E-state index contributed by atoms with van der Waals surface area (Å²) >= 11 is 0. The van der Waals surface area contributed by atoms with E-state index in [-0.39, 0.29) is 17.2 Å². The van der Waals surface area contributed by atoms with Gasteiger partial charge < -0.3 is 5.73 Å². The summed E-state index contributed by atoms with van der Waals surface area (Å²) in [6.45, 7) is 1.64. The van der Waals surface area contributed by atoms with Gasteiger partial charge in [-0.15, -0.1) is 0 Å². The maximum absolute atomic E-state index is 13.0. The van der Waals surface area contributed by atoms with E-state index in [4.69, 9.17) is 11.1 Å². The monoisotopic (exact) mass is 273 g/mol. The number of nitrogens with one attached hydrogen (secondary N) is 1. The highest BCUT2D eigenvalue weighted by atomic mass is 32.2. The van der Waals surface area contributed by atoms with Crippen LogP contribution in [0.5, 0.6) is 0 Å². The minimum absolute atomic E-state index is 0.0937. The molecule has 1 rings (SSSR count).